The normalized spacial score (nSPS) is 23.2. The molecule has 0 spiro atoms. The summed E-state index contributed by atoms with van der Waals surface area (Å²) in [6, 6.07) is 3.46. The number of Topliss-reactive ketones (excluding diaryl/α,β-unsaturated/α-hetero) is 1. The molecule has 7 heteroatoms. The molecule has 1 aromatic carbocycles. The van der Waals surface area contributed by atoms with Crippen LogP contribution in [0.25, 0.3) is 0 Å². The molecule has 3 aliphatic rings. The Labute approximate surface area is 203 Å². The molecule has 178 valence electrons. The van der Waals surface area contributed by atoms with Crippen molar-refractivity contribution in [2.45, 2.75) is 77.7 Å². The van der Waals surface area contributed by atoms with Crippen LogP contribution in [0.15, 0.2) is 39.1 Å². The first-order valence-corrected chi connectivity index (χ1v) is 12.4. The molecule has 0 unspecified atom stereocenters. The second kappa shape index (κ2) is 9.16. The molecule has 0 radical (unpaired) electrons. The Bertz CT molecular complexity index is 1050. The van der Waals surface area contributed by atoms with Crippen LogP contribution in [0.1, 0.15) is 77.2 Å². The van der Waals surface area contributed by atoms with Crippen molar-refractivity contribution in [2.75, 3.05) is 7.11 Å². The second-order valence-corrected chi connectivity index (χ2v) is 11.0. The highest BCUT2D eigenvalue weighted by Crippen LogP contribution is 2.49. The first kappa shape index (κ1) is 23.9. The van der Waals surface area contributed by atoms with Crippen molar-refractivity contribution in [3.8, 4) is 11.5 Å². The molecular formula is C26H32BrNO5. The summed E-state index contributed by atoms with van der Waals surface area (Å²) >= 11 is 3.40. The van der Waals surface area contributed by atoms with Crippen molar-refractivity contribution in [1.29, 1.82) is 0 Å². The van der Waals surface area contributed by atoms with E-state index in [1.807, 2.05) is 6.92 Å². The Morgan fingerprint density at radius 2 is 1.88 bits per heavy atom. The van der Waals surface area contributed by atoms with Gasteiger partial charge in [0, 0.05) is 29.3 Å². The number of ketones is 1. The van der Waals surface area contributed by atoms with Crippen LogP contribution in [0.4, 0.5) is 0 Å². The SMILES string of the molecule is COc1cc([C@@H]2C(C(=O)OC3CCCCC3)=C(C)NC3=C2C(=O)CC(C)(C)C3)cc(Br)c1O. The van der Waals surface area contributed by atoms with Gasteiger partial charge in [-0.2, -0.15) is 0 Å². The quantitative estimate of drug-likeness (QED) is 0.502. The fourth-order valence-corrected chi connectivity index (χ4v) is 5.81. The molecule has 1 saturated carbocycles. The van der Waals surface area contributed by atoms with Gasteiger partial charge < -0.3 is 19.9 Å². The van der Waals surface area contributed by atoms with Crippen LogP contribution in [0.5, 0.6) is 11.5 Å². The van der Waals surface area contributed by atoms with E-state index in [0.717, 1.165) is 31.4 Å². The summed E-state index contributed by atoms with van der Waals surface area (Å²) in [6.07, 6.45) is 6.05. The van der Waals surface area contributed by atoms with Gasteiger partial charge in [0.05, 0.1) is 17.2 Å². The number of nitrogens with one attached hydrogen (secondary N) is 1. The van der Waals surface area contributed by atoms with E-state index < -0.39 is 5.92 Å². The Kier molecular flexibility index (Phi) is 6.63. The van der Waals surface area contributed by atoms with E-state index >= 15 is 0 Å². The van der Waals surface area contributed by atoms with Crippen molar-refractivity contribution in [1.82, 2.24) is 5.32 Å². The topological polar surface area (TPSA) is 84.9 Å². The zero-order valence-corrected chi connectivity index (χ0v) is 21.3. The summed E-state index contributed by atoms with van der Waals surface area (Å²) in [4.78, 5) is 27.0. The Hall–Kier alpha value is -2.28. The zero-order chi connectivity index (χ0) is 23.9. The molecule has 2 aliphatic carbocycles. The largest absolute Gasteiger partial charge is 0.503 e. The standard InChI is InChI=1S/C26H32BrNO5/c1-14-21(25(31)33-16-8-6-5-7-9-16)22(15-10-17(27)24(30)20(11-15)32-4)23-18(28-14)12-26(2,3)13-19(23)29/h10-11,16,22,28,30H,5-9,12-13H2,1-4H3/t22-/m1/s1. The molecule has 1 atom stereocenters. The number of allylic oxidation sites excluding steroid dienone is 3. The van der Waals surface area contributed by atoms with Gasteiger partial charge in [-0.15, -0.1) is 0 Å². The van der Waals surface area contributed by atoms with Crippen LogP contribution in [-0.2, 0) is 14.3 Å². The van der Waals surface area contributed by atoms with E-state index in [0.29, 0.717) is 39.7 Å². The smallest absolute Gasteiger partial charge is 0.337 e. The van der Waals surface area contributed by atoms with Gasteiger partial charge in [-0.3, -0.25) is 4.79 Å². The third-order valence-electron chi connectivity index (χ3n) is 6.89. The van der Waals surface area contributed by atoms with E-state index in [-0.39, 0.29) is 34.8 Å². The molecule has 2 N–H and O–H groups in total. The van der Waals surface area contributed by atoms with Crippen molar-refractivity contribution >= 4 is 27.7 Å². The number of benzene rings is 1. The minimum absolute atomic E-state index is 0.0208. The van der Waals surface area contributed by atoms with E-state index in [4.69, 9.17) is 9.47 Å². The fraction of sp³-hybridized carbons (Fsp3) is 0.538. The van der Waals surface area contributed by atoms with Gasteiger partial charge in [0.15, 0.2) is 17.3 Å². The predicted molar refractivity (Wildman–Crippen MR) is 129 cm³/mol. The predicted octanol–water partition coefficient (Wildman–Crippen LogP) is 5.64. The van der Waals surface area contributed by atoms with Crippen LogP contribution in [0.3, 0.4) is 0 Å². The van der Waals surface area contributed by atoms with E-state index in [9.17, 15) is 14.7 Å². The summed E-state index contributed by atoms with van der Waals surface area (Å²) in [5.41, 5.74) is 3.15. The molecule has 0 amide bonds. The molecule has 33 heavy (non-hydrogen) atoms. The molecule has 6 nitrogen and oxygen atoms in total. The average Bonchev–Trinajstić information content (AvgIpc) is 2.74. The molecule has 0 saturated heterocycles. The number of halogens is 1. The van der Waals surface area contributed by atoms with Gasteiger partial charge in [-0.05, 0) is 78.1 Å². The van der Waals surface area contributed by atoms with Crippen LogP contribution < -0.4 is 10.1 Å². The summed E-state index contributed by atoms with van der Waals surface area (Å²) < 4.78 is 11.8. The number of rotatable bonds is 4. The maximum absolute atomic E-state index is 13.5. The van der Waals surface area contributed by atoms with Crippen molar-refractivity contribution < 1.29 is 24.2 Å². The number of carbonyl (C=O) groups excluding carboxylic acids is 2. The Morgan fingerprint density at radius 1 is 1.18 bits per heavy atom. The highest BCUT2D eigenvalue weighted by molar-refractivity contribution is 9.10. The number of carbonyl (C=O) groups is 2. The number of phenols is 1. The Balaban J connectivity index is 1.82. The third-order valence-corrected chi connectivity index (χ3v) is 7.49. The second-order valence-electron chi connectivity index (χ2n) is 10.1. The van der Waals surface area contributed by atoms with Crippen molar-refractivity contribution in [2.24, 2.45) is 5.41 Å². The van der Waals surface area contributed by atoms with E-state index in [2.05, 4.69) is 35.1 Å². The minimum Gasteiger partial charge on any atom is -0.503 e. The maximum atomic E-state index is 13.5. The molecule has 4 rings (SSSR count). The van der Waals surface area contributed by atoms with Crippen LogP contribution in [0.2, 0.25) is 0 Å². The minimum atomic E-state index is -0.591. The Morgan fingerprint density at radius 3 is 2.55 bits per heavy atom. The van der Waals surface area contributed by atoms with E-state index in [1.54, 1.807) is 12.1 Å². The fourth-order valence-electron chi connectivity index (χ4n) is 5.35. The molecule has 1 aliphatic heterocycles. The molecule has 0 aromatic heterocycles. The van der Waals surface area contributed by atoms with Crippen molar-refractivity contribution in [3.63, 3.8) is 0 Å². The number of esters is 1. The van der Waals surface area contributed by atoms with Crippen LogP contribution in [0, 0.1) is 5.41 Å². The highest BCUT2D eigenvalue weighted by Gasteiger charge is 2.43. The lowest BCUT2D eigenvalue weighted by molar-refractivity contribution is -0.146. The molecule has 1 heterocycles. The number of dihydropyridines is 1. The van der Waals surface area contributed by atoms with Gasteiger partial charge in [-0.25, -0.2) is 4.79 Å². The van der Waals surface area contributed by atoms with Gasteiger partial charge in [0.2, 0.25) is 0 Å². The molecule has 1 fully saturated rings. The van der Waals surface area contributed by atoms with Crippen LogP contribution in [-0.4, -0.2) is 30.1 Å². The summed E-state index contributed by atoms with van der Waals surface area (Å²) in [5, 5.41) is 13.7. The lowest BCUT2D eigenvalue weighted by Gasteiger charge is -2.39. The summed E-state index contributed by atoms with van der Waals surface area (Å²) in [5.74, 6) is -0.692. The lowest BCUT2D eigenvalue weighted by Crippen LogP contribution is -2.39. The number of aromatic hydroxyl groups is 1. The summed E-state index contributed by atoms with van der Waals surface area (Å²) in [6.45, 7) is 6.03. The van der Waals surface area contributed by atoms with Gasteiger partial charge in [0.1, 0.15) is 6.10 Å². The number of ether oxygens (including phenoxy) is 2. The summed E-state index contributed by atoms with van der Waals surface area (Å²) in [7, 11) is 1.48. The van der Waals surface area contributed by atoms with Gasteiger partial charge in [-0.1, -0.05) is 20.3 Å². The van der Waals surface area contributed by atoms with Gasteiger partial charge >= 0.3 is 5.97 Å². The molecule has 1 aromatic rings. The number of methoxy groups -OCH3 is 1. The molecule has 0 bridgehead atoms. The molecular weight excluding hydrogens is 486 g/mol. The van der Waals surface area contributed by atoms with Gasteiger partial charge in [0.25, 0.3) is 0 Å². The maximum Gasteiger partial charge on any atom is 0.337 e. The number of hydrogen-bond donors (Lipinski definition) is 2. The average molecular weight is 518 g/mol. The van der Waals surface area contributed by atoms with E-state index in [1.165, 1.54) is 13.5 Å². The first-order valence-electron chi connectivity index (χ1n) is 11.6. The number of hydrogen-bond acceptors (Lipinski definition) is 6. The highest BCUT2D eigenvalue weighted by atomic mass is 79.9. The monoisotopic (exact) mass is 517 g/mol. The number of phenolic OH excluding ortho intramolecular Hbond substituents is 1. The first-order chi connectivity index (χ1) is 15.6. The van der Waals surface area contributed by atoms with Crippen molar-refractivity contribution in [3.05, 3.63) is 44.7 Å². The third kappa shape index (κ3) is 4.70. The zero-order valence-electron chi connectivity index (χ0n) is 19.7. The lowest BCUT2D eigenvalue weighted by atomic mass is 9.68. The van der Waals surface area contributed by atoms with Crippen LogP contribution >= 0.6 is 15.9 Å².